The van der Waals surface area contributed by atoms with Crippen molar-refractivity contribution in [3.05, 3.63) is 23.8 Å². The van der Waals surface area contributed by atoms with Gasteiger partial charge in [0.15, 0.2) is 6.10 Å². The lowest BCUT2D eigenvalue weighted by molar-refractivity contribution is -0.277. The molecule has 3 spiro atoms. The Balaban J connectivity index is 1.65. The zero-order valence-electron chi connectivity index (χ0n) is 19.5. The zero-order chi connectivity index (χ0) is 24.7. The number of epoxide rings is 1. The van der Waals surface area contributed by atoms with Gasteiger partial charge < -0.3 is 34.1 Å². The summed E-state index contributed by atoms with van der Waals surface area (Å²) in [6.07, 6.45) is -2.97. The number of para-hydroxylation sites is 1. The maximum absolute atomic E-state index is 13.6. The second kappa shape index (κ2) is 6.08. The predicted octanol–water partition coefficient (Wildman–Crippen LogP) is -0.301. The minimum atomic E-state index is -2.53. The number of fused-ring (bicyclic) bond motifs is 4. The Labute approximate surface area is 200 Å². The molecule has 3 saturated heterocycles. The number of amides is 2. The Morgan fingerprint density at radius 1 is 1.14 bits per heavy atom. The number of hydrogen-bond donors (Lipinski definition) is 2. The topological polar surface area (TPSA) is 138 Å². The van der Waals surface area contributed by atoms with Gasteiger partial charge in [-0.05, 0) is 30.9 Å². The first kappa shape index (κ1) is 21.4. The van der Waals surface area contributed by atoms with Crippen molar-refractivity contribution >= 4 is 23.7 Å². The first-order valence-corrected chi connectivity index (χ1v) is 11.7. The van der Waals surface area contributed by atoms with E-state index in [2.05, 4.69) is 0 Å². The third kappa shape index (κ3) is 1.77. The Morgan fingerprint density at radius 3 is 2.60 bits per heavy atom. The maximum atomic E-state index is 13.6. The van der Waals surface area contributed by atoms with Gasteiger partial charge in [0.2, 0.25) is 5.60 Å². The number of carbonyl (C=O) groups excluding carboxylic acids is 3. The summed E-state index contributed by atoms with van der Waals surface area (Å²) in [6, 6.07) is 4.70. The van der Waals surface area contributed by atoms with Crippen LogP contribution in [-0.2, 0) is 29.2 Å². The summed E-state index contributed by atoms with van der Waals surface area (Å²) in [4.78, 5) is 43.5. The third-order valence-corrected chi connectivity index (χ3v) is 9.93. The van der Waals surface area contributed by atoms with E-state index in [0.29, 0.717) is 36.4 Å². The molecule has 2 N–H and O–H groups in total. The summed E-state index contributed by atoms with van der Waals surface area (Å²) in [7, 11) is 3.83. The average Bonchev–Trinajstić information content (AvgIpc) is 3.52. The van der Waals surface area contributed by atoms with Crippen molar-refractivity contribution in [1.82, 2.24) is 4.90 Å². The van der Waals surface area contributed by atoms with Crippen LogP contribution in [0.4, 0.5) is 10.5 Å². The molecule has 11 nitrogen and oxygen atoms in total. The van der Waals surface area contributed by atoms with Crippen molar-refractivity contribution in [3.63, 3.8) is 0 Å². The van der Waals surface area contributed by atoms with Crippen LogP contribution in [0.2, 0.25) is 0 Å². The van der Waals surface area contributed by atoms with E-state index in [9.17, 15) is 24.6 Å². The van der Waals surface area contributed by atoms with Crippen LogP contribution in [0.25, 0.3) is 0 Å². The van der Waals surface area contributed by atoms with E-state index in [1.54, 1.807) is 17.0 Å². The third-order valence-electron chi connectivity index (χ3n) is 9.93. The van der Waals surface area contributed by atoms with Crippen molar-refractivity contribution in [2.75, 3.05) is 32.8 Å². The summed E-state index contributed by atoms with van der Waals surface area (Å²) in [5.74, 6) is -0.860. The molecule has 0 unspecified atom stereocenters. The van der Waals surface area contributed by atoms with Crippen LogP contribution >= 0.6 is 0 Å². The first-order chi connectivity index (χ1) is 16.7. The number of piperidine rings is 1. The van der Waals surface area contributed by atoms with Crippen LogP contribution in [0.15, 0.2) is 18.2 Å². The molecule has 1 aromatic carbocycles. The Morgan fingerprint density at radius 2 is 1.91 bits per heavy atom. The number of ether oxygens (including phenoxy) is 4. The van der Waals surface area contributed by atoms with Crippen LogP contribution in [-0.4, -0.2) is 96.5 Å². The number of carbonyl (C=O) groups is 3. The van der Waals surface area contributed by atoms with E-state index in [4.69, 9.17) is 18.9 Å². The van der Waals surface area contributed by atoms with E-state index in [0.717, 1.165) is 7.11 Å². The largest absolute Gasteiger partial charge is 0.495 e. The molecule has 1 aromatic rings. The molecule has 0 radical (unpaired) electrons. The molecular weight excluding hydrogens is 460 g/mol. The highest BCUT2D eigenvalue weighted by Gasteiger charge is 2.94. The molecule has 8 rings (SSSR count). The summed E-state index contributed by atoms with van der Waals surface area (Å²) in [5, 5.41) is 24.5. The normalized spacial score (nSPS) is 45.3. The highest BCUT2D eigenvalue weighted by atomic mass is 16.6. The SMILES string of the molecule is COC(=O)N1c2c(OC)cccc2[C@@]23CCN4C(=O)[C@@H]5O[C@@H]5[C@]5(CC[C@]12[C@](O)(C(=O)OC)[C@@H]5O)[C@H]43. The minimum Gasteiger partial charge on any atom is -0.495 e. The molecular formula is C24H26N2O9. The van der Waals surface area contributed by atoms with Crippen molar-refractivity contribution in [1.29, 1.82) is 0 Å². The summed E-state index contributed by atoms with van der Waals surface area (Å²) in [5.41, 5.74) is -5.41. The van der Waals surface area contributed by atoms with E-state index in [1.807, 2.05) is 6.07 Å². The molecule has 7 aliphatic rings. The molecule has 8 atom stereocenters. The summed E-state index contributed by atoms with van der Waals surface area (Å²) in [6.45, 7) is 0.329. The molecule has 4 heterocycles. The lowest BCUT2D eigenvalue weighted by Crippen LogP contribution is -2.92. The van der Waals surface area contributed by atoms with Gasteiger partial charge in [-0.25, -0.2) is 9.59 Å². The number of hydrogen-bond acceptors (Lipinski definition) is 9. The van der Waals surface area contributed by atoms with Crippen LogP contribution < -0.4 is 9.64 Å². The van der Waals surface area contributed by atoms with E-state index in [-0.39, 0.29) is 12.3 Å². The molecule has 3 aliphatic carbocycles. The summed E-state index contributed by atoms with van der Waals surface area (Å²) >= 11 is 0. The zero-order valence-corrected chi connectivity index (χ0v) is 19.5. The van der Waals surface area contributed by atoms with Crippen LogP contribution in [0.1, 0.15) is 24.8 Å². The van der Waals surface area contributed by atoms with Gasteiger partial charge in [-0.15, -0.1) is 0 Å². The van der Waals surface area contributed by atoms with Crippen LogP contribution in [0.3, 0.4) is 0 Å². The Bertz CT molecular complexity index is 1220. The van der Waals surface area contributed by atoms with Gasteiger partial charge in [0, 0.05) is 12.0 Å². The Kier molecular flexibility index (Phi) is 3.72. The van der Waals surface area contributed by atoms with E-state index >= 15 is 0 Å². The fraction of sp³-hybridized carbons (Fsp3) is 0.625. The van der Waals surface area contributed by atoms with Crippen molar-refractivity contribution in [3.8, 4) is 5.75 Å². The van der Waals surface area contributed by atoms with Gasteiger partial charge in [-0.1, -0.05) is 12.1 Å². The minimum absolute atomic E-state index is 0.160. The second-order valence-corrected chi connectivity index (χ2v) is 10.4. The molecule has 6 fully saturated rings. The van der Waals surface area contributed by atoms with Gasteiger partial charge in [-0.3, -0.25) is 9.69 Å². The van der Waals surface area contributed by atoms with Crippen LogP contribution in [0, 0.1) is 5.41 Å². The molecule has 186 valence electrons. The number of anilines is 1. The van der Waals surface area contributed by atoms with Gasteiger partial charge >= 0.3 is 12.1 Å². The highest BCUT2D eigenvalue weighted by Crippen LogP contribution is 2.79. The number of nitrogens with zero attached hydrogens (tertiary/aromatic N) is 2. The average molecular weight is 486 g/mol. The lowest BCUT2D eigenvalue weighted by Gasteiger charge is -2.72. The van der Waals surface area contributed by atoms with Gasteiger partial charge in [-0.2, -0.15) is 0 Å². The van der Waals surface area contributed by atoms with Crippen LogP contribution in [0.5, 0.6) is 5.75 Å². The van der Waals surface area contributed by atoms with Crippen molar-refractivity contribution in [2.45, 2.75) is 60.2 Å². The second-order valence-electron chi connectivity index (χ2n) is 10.4. The standard InChI is InChI=1S/C24H26N2O9/c1-32-12-6-4-5-11-13(12)26(20(30)34-3)23-8-7-21(18(28)24(23,31)19(29)33-2)15-14(35-15)16(27)25-10-9-22(11,23)17(21)25/h4-6,14-15,17-18,28,31H,7-10H2,1-3H3/t14-,15+,17+,18-,21-,22-,23+,24-/m1/s1. The number of rotatable bonds is 2. The monoisotopic (exact) mass is 486 g/mol. The van der Waals surface area contributed by atoms with Gasteiger partial charge in [0.1, 0.15) is 23.5 Å². The molecule has 35 heavy (non-hydrogen) atoms. The fourth-order valence-corrected chi connectivity index (χ4v) is 8.99. The molecule has 3 saturated carbocycles. The van der Waals surface area contributed by atoms with E-state index in [1.165, 1.54) is 19.1 Å². The maximum Gasteiger partial charge on any atom is 0.414 e. The van der Waals surface area contributed by atoms with Gasteiger partial charge in [0.05, 0.1) is 38.5 Å². The number of benzene rings is 1. The van der Waals surface area contributed by atoms with E-state index < -0.39 is 58.4 Å². The predicted molar refractivity (Wildman–Crippen MR) is 116 cm³/mol. The molecule has 0 aromatic heterocycles. The highest BCUT2D eigenvalue weighted by molar-refractivity contribution is 6.02. The van der Waals surface area contributed by atoms with Crippen molar-refractivity contribution < 1.29 is 43.5 Å². The smallest absolute Gasteiger partial charge is 0.414 e. The fourth-order valence-electron chi connectivity index (χ4n) is 8.99. The molecule has 11 heteroatoms. The molecule has 2 amide bonds. The Hall–Kier alpha value is -2.89. The lowest BCUT2D eigenvalue weighted by atomic mass is 9.36. The molecule has 2 bridgehead atoms. The molecule has 4 aliphatic heterocycles. The number of esters is 1. The first-order valence-electron chi connectivity index (χ1n) is 11.7. The number of aliphatic hydroxyl groups is 2. The van der Waals surface area contributed by atoms with Crippen molar-refractivity contribution in [2.24, 2.45) is 5.41 Å². The van der Waals surface area contributed by atoms with Gasteiger partial charge in [0.25, 0.3) is 5.91 Å². The number of methoxy groups -OCH3 is 3. The summed E-state index contributed by atoms with van der Waals surface area (Å²) < 4.78 is 21.8. The quantitative estimate of drug-likeness (QED) is 0.426. The number of aliphatic hydroxyl groups excluding tert-OH is 1.